The van der Waals surface area contributed by atoms with Gasteiger partial charge >= 0.3 is 0 Å². The zero-order chi connectivity index (χ0) is 14.2. The third-order valence-corrected chi connectivity index (χ3v) is 2.68. The Balaban J connectivity index is 1.95. The molecule has 0 spiro atoms. The maximum atomic E-state index is 5.63. The quantitative estimate of drug-likeness (QED) is 0.786. The van der Waals surface area contributed by atoms with Crippen LogP contribution in [0.3, 0.4) is 0 Å². The zero-order valence-electron chi connectivity index (χ0n) is 11.8. The fourth-order valence-corrected chi connectivity index (χ4v) is 1.67. The van der Waals surface area contributed by atoms with E-state index in [9.17, 15) is 0 Å². The Hall–Kier alpha value is -2.14. The van der Waals surface area contributed by atoms with Crippen LogP contribution in [-0.2, 0) is 6.54 Å². The van der Waals surface area contributed by atoms with Gasteiger partial charge < -0.3 is 14.8 Å². The normalized spacial score (nSPS) is 10.3. The molecule has 1 aromatic carbocycles. The lowest BCUT2D eigenvalue weighted by Crippen LogP contribution is -2.14. The van der Waals surface area contributed by atoms with Gasteiger partial charge in [0.15, 0.2) is 0 Å². The minimum absolute atomic E-state index is 0.470. The SMILES string of the molecule is CCCNCc1cnc(Oc2cccc(OC)c2)cn1. The molecule has 5 heteroatoms. The molecule has 5 nitrogen and oxygen atoms in total. The molecule has 0 fully saturated rings. The van der Waals surface area contributed by atoms with Crippen LogP contribution in [0.4, 0.5) is 0 Å². The van der Waals surface area contributed by atoms with Crippen LogP contribution in [0.5, 0.6) is 17.4 Å². The third kappa shape index (κ3) is 4.20. The summed E-state index contributed by atoms with van der Waals surface area (Å²) < 4.78 is 10.8. The molecular formula is C15H19N3O2. The topological polar surface area (TPSA) is 56.3 Å². The molecule has 1 heterocycles. The summed E-state index contributed by atoms with van der Waals surface area (Å²) in [7, 11) is 1.62. The summed E-state index contributed by atoms with van der Waals surface area (Å²) in [5.74, 6) is 1.89. The molecule has 20 heavy (non-hydrogen) atoms. The lowest BCUT2D eigenvalue weighted by atomic mass is 10.3. The molecule has 2 aromatic rings. The summed E-state index contributed by atoms with van der Waals surface area (Å²) in [5.41, 5.74) is 0.899. The Morgan fingerprint density at radius 3 is 2.70 bits per heavy atom. The van der Waals surface area contributed by atoms with Crippen molar-refractivity contribution in [3.05, 3.63) is 42.4 Å². The van der Waals surface area contributed by atoms with E-state index in [0.29, 0.717) is 11.6 Å². The maximum Gasteiger partial charge on any atom is 0.237 e. The standard InChI is InChI=1S/C15H19N3O2/c1-3-7-16-9-12-10-18-15(11-17-12)20-14-6-4-5-13(8-14)19-2/h4-6,8,10-11,16H,3,7,9H2,1-2H3. The Morgan fingerprint density at radius 2 is 2.00 bits per heavy atom. The van der Waals surface area contributed by atoms with Gasteiger partial charge in [-0.3, -0.25) is 4.98 Å². The predicted molar refractivity (Wildman–Crippen MR) is 77.1 cm³/mol. The molecule has 0 amide bonds. The van der Waals surface area contributed by atoms with E-state index in [0.717, 1.165) is 31.0 Å². The Morgan fingerprint density at radius 1 is 1.15 bits per heavy atom. The van der Waals surface area contributed by atoms with Crippen molar-refractivity contribution >= 4 is 0 Å². The summed E-state index contributed by atoms with van der Waals surface area (Å²) in [6.45, 7) is 3.83. The average Bonchev–Trinajstić information content (AvgIpc) is 2.49. The Labute approximate surface area is 119 Å². The molecule has 0 aliphatic rings. The second kappa shape index (κ2) is 7.45. The summed E-state index contributed by atoms with van der Waals surface area (Å²) >= 11 is 0. The minimum atomic E-state index is 0.470. The number of hydrogen-bond donors (Lipinski definition) is 1. The van der Waals surface area contributed by atoms with Crippen molar-refractivity contribution in [1.82, 2.24) is 15.3 Å². The molecule has 0 radical (unpaired) electrons. The molecule has 0 saturated heterocycles. The van der Waals surface area contributed by atoms with E-state index in [2.05, 4.69) is 22.2 Å². The Kier molecular flexibility index (Phi) is 5.32. The van der Waals surface area contributed by atoms with Crippen LogP contribution in [0, 0.1) is 0 Å². The van der Waals surface area contributed by atoms with Gasteiger partial charge in [-0.2, -0.15) is 0 Å². The van der Waals surface area contributed by atoms with Crippen LogP contribution in [0.25, 0.3) is 0 Å². The molecule has 2 rings (SSSR count). The number of benzene rings is 1. The van der Waals surface area contributed by atoms with Crippen LogP contribution < -0.4 is 14.8 Å². The third-order valence-electron chi connectivity index (χ3n) is 2.68. The van der Waals surface area contributed by atoms with E-state index in [-0.39, 0.29) is 0 Å². The molecule has 0 saturated carbocycles. The fourth-order valence-electron chi connectivity index (χ4n) is 1.67. The van der Waals surface area contributed by atoms with Gasteiger partial charge in [-0.1, -0.05) is 13.0 Å². The number of methoxy groups -OCH3 is 1. The lowest BCUT2D eigenvalue weighted by Gasteiger charge is -2.07. The van der Waals surface area contributed by atoms with Crippen molar-refractivity contribution in [1.29, 1.82) is 0 Å². The van der Waals surface area contributed by atoms with Crippen LogP contribution in [0.15, 0.2) is 36.7 Å². The van der Waals surface area contributed by atoms with Crippen LogP contribution in [0.2, 0.25) is 0 Å². The van der Waals surface area contributed by atoms with Crippen molar-refractivity contribution in [2.75, 3.05) is 13.7 Å². The first-order valence-electron chi connectivity index (χ1n) is 6.65. The van der Waals surface area contributed by atoms with Crippen molar-refractivity contribution in [2.45, 2.75) is 19.9 Å². The van der Waals surface area contributed by atoms with Crippen LogP contribution in [0.1, 0.15) is 19.0 Å². The van der Waals surface area contributed by atoms with Crippen LogP contribution in [-0.4, -0.2) is 23.6 Å². The van der Waals surface area contributed by atoms with Gasteiger partial charge in [0.25, 0.3) is 0 Å². The molecule has 0 aliphatic carbocycles. The summed E-state index contributed by atoms with van der Waals surface area (Å²) in [6, 6.07) is 7.38. The molecular weight excluding hydrogens is 254 g/mol. The fraction of sp³-hybridized carbons (Fsp3) is 0.333. The van der Waals surface area contributed by atoms with E-state index >= 15 is 0 Å². The highest BCUT2D eigenvalue weighted by atomic mass is 16.5. The number of rotatable bonds is 7. The second-order valence-electron chi connectivity index (χ2n) is 4.30. The Bertz CT molecular complexity index is 529. The van der Waals surface area contributed by atoms with Gasteiger partial charge in [0.1, 0.15) is 11.5 Å². The average molecular weight is 273 g/mol. The number of ether oxygens (including phenoxy) is 2. The van der Waals surface area contributed by atoms with E-state index in [1.165, 1.54) is 0 Å². The monoisotopic (exact) mass is 273 g/mol. The van der Waals surface area contributed by atoms with E-state index in [1.54, 1.807) is 25.6 Å². The van der Waals surface area contributed by atoms with Gasteiger partial charge in [-0.15, -0.1) is 0 Å². The maximum absolute atomic E-state index is 5.63. The number of hydrogen-bond acceptors (Lipinski definition) is 5. The van der Waals surface area contributed by atoms with Gasteiger partial charge in [-0.25, -0.2) is 4.98 Å². The predicted octanol–water partition coefficient (Wildman–Crippen LogP) is 2.78. The highest BCUT2D eigenvalue weighted by Gasteiger charge is 2.02. The lowest BCUT2D eigenvalue weighted by molar-refractivity contribution is 0.407. The number of nitrogens with one attached hydrogen (secondary N) is 1. The molecule has 0 aliphatic heterocycles. The molecule has 1 aromatic heterocycles. The first kappa shape index (κ1) is 14.3. The van der Waals surface area contributed by atoms with Gasteiger partial charge in [0, 0.05) is 12.6 Å². The summed E-state index contributed by atoms with van der Waals surface area (Å²) in [6.07, 6.45) is 4.45. The highest BCUT2D eigenvalue weighted by molar-refractivity contribution is 5.34. The second-order valence-corrected chi connectivity index (χ2v) is 4.30. The van der Waals surface area contributed by atoms with Crippen LogP contribution >= 0.6 is 0 Å². The van der Waals surface area contributed by atoms with Gasteiger partial charge in [0.2, 0.25) is 5.88 Å². The van der Waals surface area contributed by atoms with Crippen molar-refractivity contribution < 1.29 is 9.47 Å². The van der Waals surface area contributed by atoms with E-state index in [1.807, 2.05) is 18.2 Å². The molecule has 0 atom stereocenters. The van der Waals surface area contributed by atoms with Crippen molar-refractivity contribution in [2.24, 2.45) is 0 Å². The first-order chi connectivity index (χ1) is 9.81. The highest BCUT2D eigenvalue weighted by Crippen LogP contribution is 2.23. The van der Waals surface area contributed by atoms with E-state index < -0.39 is 0 Å². The van der Waals surface area contributed by atoms with E-state index in [4.69, 9.17) is 9.47 Å². The number of aromatic nitrogens is 2. The molecule has 0 bridgehead atoms. The smallest absolute Gasteiger partial charge is 0.237 e. The van der Waals surface area contributed by atoms with Crippen molar-refractivity contribution in [3.63, 3.8) is 0 Å². The van der Waals surface area contributed by atoms with Gasteiger partial charge in [-0.05, 0) is 25.1 Å². The molecule has 0 unspecified atom stereocenters. The largest absolute Gasteiger partial charge is 0.497 e. The number of nitrogens with zero attached hydrogens (tertiary/aromatic N) is 2. The summed E-state index contributed by atoms with van der Waals surface area (Å²) in [5, 5.41) is 3.28. The zero-order valence-corrected chi connectivity index (χ0v) is 11.8. The minimum Gasteiger partial charge on any atom is -0.497 e. The van der Waals surface area contributed by atoms with Gasteiger partial charge in [0.05, 0.1) is 25.2 Å². The molecule has 106 valence electrons. The molecule has 1 N–H and O–H groups in total. The summed E-state index contributed by atoms with van der Waals surface area (Å²) in [4.78, 5) is 8.55. The first-order valence-corrected chi connectivity index (χ1v) is 6.65. The van der Waals surface area contributed by atoms with Crippen molar-refractivity contribution in [3.8, 4) is 17.4 Å².